The maximum absolute atomic E-state index is 7.50. The molecule has 0 aromatic rings. The number of ether oxygens (including phenoxy) is 1. The molecule has 0 radical (unpaired) electrons. The Bertz CT molecular complexity index is 280. The fourth-order valence-electron chi connectivity index (χ4n) is 0.386. The summed E-state index contributed by atoms with van der Waals surface area (Å²) in [5, 5.41) is 0. The molecule has 0 aromatic carbocycles. The van der Waals surface area contributed by atoms with Crippen LogP contribution in [-0.2, 0) is 43.8 Å². The summed E-state index contributed by atoms with van der Waals surface area (Å²) in [6.07, 6.45) is 4.04. The average molecular weight is 318 g/mol. The molecule has 0 aliphatic heterocycles. The van der Waals surface area contributed by atoms with Crippen molar-refractivity contribution >= 4 is 4.57 Å². The summed E-state index contributed by atoms with van der Waals surface area (Å²) in [5.41, 5.74) is 0.230. The Morgan fingerprint density at radius 1 is 0.850 bits per heavy atom. The molecule has 0 amide bonds. The van der Waals surface area contributed by atoms with Gasteiger partial charge in [-0.3, -0.25) is 0 Å². The third-order valence-electron chi connectivity index (χ3n) is 0.921. The number of allylic oxidation sites excluding steroid dienone is 1. The van der Waals surface area contributed by atoms with E-state index in [-0.39, 0.29) is 5.41 Å². The van der Waals surface area contributed by atoms with Gasteiger partial charge < -0.3 is 0 Å². The standard InChI is InChI=1S/C8H14O.5CO.Cr/c1-8(2,3)6-5-7-9-4;5*1-2;/h5-6H,1-4H3;;;;;;/b6-5+;;;;;;. The molecule has 6 nitrogen and oxygen atoms in total. The van der Waals surface area contributed by atoms with Gasteiger partial charge in [0.2, 0.25) is 0 Å². The molecule has 0 rings (SSSR count). The van der Waals surface area contributed by atoms with Gasteiger partial charge in [0.15, 0.2) is 0 Å². The molecule has 0 aromatic heterocycles. The van der Waals surface area contributed by atoms with E-state index >= 15 is 0 Å². The molecular weight excluding hydrogens is 304 g/mol. The monoisotopic (exact) mass is 318 g/mol. The van der Waals surface area contributed by atoms with Crippen LogP contribution in [0.4, 0.5) is 0 Å². The summed E-state index contributed by atoms with van der Waals surface area (Å²) in [4.78, 5) is 0. The molecule has 7 heteroatoms. The molecule has 108 valence electrons. The zero-order valence-electron chi connectivity index (χ0n) is 11.5. The molecule has 0 spiro atoms. The fraction of sp³-hybridized carbons (Fsp3) is 0.385. The first-order valence-electron chi connectivity index (χ1n) is 4.25. The summed E-state index contributed by atoms with van der Waals surface area (Å²) in [6.45, 7) is 28.9. The summed E-state index contributed by atoms with van der Waals surface area (Å²) in [5.74, 6) is 0. The van der Waals surface area contributed by atoms with Crippen LogP contribution in [0.15, 0.2) is 12.2 Å². The second kappa shape index (κ2) is 43.1. The number of hydrogen-bond acceptors (Lipinski definition) is 1. The Labute approximate surface area is 127 Å². The van der Waals surface area contributed by atoms with Crippen LogP contribution in [0.1, 0.15) is 20.8 Å². The Balaban J connectivity index is -0.0000000412. The van der Waals surface area contributed by atoms with E-state index in [0.717, 1.165) is 4.57 Å². The van der Waals surface area contributed by atoms with Crippen LogP contribution in [0.5, 0.6) is 0 Å². The zero-order valence-corrected chi connectivity index (χ0v) is 12.8. The first-order chi connectivity index (χ1) is 9.45. The molecule has 0 N–H and O–H groups in total. The van der Waals surface area contributed by atoms with Crippen molar-refractivity contribution in [3.05, 3.63) is 45.4 Å². The van der Waals surface area contributed by atoms with Gasteiger partial charge in [0.25, 0.3) is 0 Å². The van der Waals surface area contributed by atoms with E-state index in [2.05, 4.69) is 76.0 Å². The van der Waals surface area contributed by atoms with Gasteiger partial charge in [0, 0.05) is 0 Å². The summed E-state index contributed by atoms with van der Waals surface area (Å²) < 4.78 is 43.2. The van der Waals surface area contributed by atoms with E-state index < -0.39 is 0 Å². The summed E-state index contributed by atoms with van der Waals surface area (Å²) in [6, 6.07) is 0. The van der Waals surface area contributed by atoms with Gasteiger partial charge in [-0.2, -0.15) is 0 Å². The van der Waals surface area contributed by atoms with Gasteiger partial charge in [-0.1, -0.05) is 0 Å². The Morgan fingerprint density at radius 2 is 1.10 bits per heavy atom. The third kappa shape index (κ3) is 90.7. The van der Waals surface area contributed by atoms with Crippen LogP contribution >= 0.6 is 0 Å². The van der Waals surface area contributed by atoms with E-state index in [1.165, 1.54) is 0 Å². The molecule has 0 heterocycles. The Morgan fingerprint density at radius 3 is 1.25 bits per heavy atom. The Kier molecular flexibility index (Phi) is 78.3. The van der Waals surface area contributed by atoms with E-state index in [9.17, 15) is 0 Å². The minimum absolute atomic E-state index is 0.230. The van der Waals surface area contributed by atoms with E-state index in [0.29, 0.717) is 0 Å². The fourth-order valence-corrected chi connectivity index (χ4v) is 0.492. The molecule has 0 fully saturated rings. The van der Waals surface area contributed by atoms with Crippen LogP contribution in [-0.4, -0.2) is 11.7 Å². The molecular formula is C13H14CrO6. The van der Waals surface area contributed by atoms with Crippen LogP contribution in [0.25, 0.3) is 0 Å². The van der Waals surface area contributed by atoms with Crippen LogP contribution in [0.2, 0.25) is 0 Å². The number of hydrogen-bond donors (Lipinski definition) is 0. The molecule has 0 bridgehead atoms. The second-order valence-corrected chi connectivity index (χ2v) is 3.85. The second-order valence-electron chi connectivity index (χ2n) is 3.22. The first-order valence-corrected chi connectivity index (χ1v) is 4.89. The number of methoxy groups -OCH3 is 1. The molecule has 0 aliphatic rings. The SMILES string of the molecule is CO[C](=[Cr])/C=C/C(C)(C)C.[C-]#[O+].[C-]#[O+].[C-]#[O+].[C-]#[O+].[C-]#[O+]. The van der Waals surface area contributed by atoms with Gasteiger partial charge in [-0.25, -0.2) is 0 Å². The van der Waals surface area contributed by atoms with Crippen molar-refractivity contribution < 1.29 is 43.8 Å². The van der Waals surface area contributed by atoms with E-state index in [1.807, 2.05) is 6.08 Å². The third-order valence-corrected chi connectivity index (χ3v) is 1.39. The van der Waals surface area contributed by atoms with E-state index in [1.54, 1.807) is 7.11 Å². The normalized spacial score (nSPS) is 6.70. The molecule has 0 aliphatic carbocycles. The predicted octanol–water partition coefficient (Wildman–Crippen LogP) is 1.72. The summed E-state index contributed by atoms with van der Waals surface area (Å²) >= 11 is 2.81. The average Bonchev–Trinajstić information content (AvgIpc) is 2.54. The minimum atomic E-state index is 0.230. The van der Waals surface area contributed by atoms with Crippen molar-refractivity contribution in [2.24, 2.45) is 5.41 Å². The van der Waals surface area contributed by atoms with Gasteiger partial charge in [-0.15, -0.1) is 0 Å². The zero-order chi connectivity index (χ0) is 18.2. The molecule has 0 atom stereocenters. The quantitative estimate of drug-likeness (QED) is 0.560. The van der Waals surface area contributed by atoms with Crippen molar-refractivity contribution in [2.45, 2.75) is 20.8 Å². The molecule has 0 saturated heterocycles. The molecule has 0 saturated carbocycles. The molecule has 0 unspecified atom stereocenters. The van der Waals surface area contributed by atoms with E-state index in [4.69, 9.17) is 28.0 Å². The maximum atomic E-state index is 7.50. The number of rotatable bonds is 2. The van der Waals surface area contributed by atoms with Gasteiger partial charge in [0.1, 0.15) is 0 Å². The molecule has 20 heavy (non-hydrogen) atoms. The van der Waals surface area contributed by atoms with Crippen molar-refractivity contribution in [1.29, 1.82) is 0 Å². The van der Waals surface area contributed by atoms with Crippen molar-refractivity contribution in [1.82, 2.24) is 0 Å². The summed E-state index contributed by atoms with van der Waals surface area (Å²) in [7, 11) is 1.65. The Hall–Kier alpha value is -1.20. The van der Waals surface area contributed by atoms with Crippen LogP contribution in [0, 0.1) is 38.7 Å². The van der Waals surface area contributed by atoms with Crippen molar-refractivity contribution in [3.8, 4) is 0 Å². The van der Waals surface area contributed by atoms with Crippen molar-refractivity contribution in [3.63, 3.8) is 0 Å². The van der Waals surface area contributed by atoms with Crippen molar-refractivity contribution in [2.75, 3.05) is 7.11 Å². The van der Waals surface area contributed by atoms with Crippen LogP contribution < -0.4 is 0 Å². The van der Waals surface area contributed by atoms with Gasteiger partial charge in [-0.05, 0) is 0 Å². The first kappa shape index (κ1) is 36.4. The predicted molar refractivity (Wildman–Crippen MR) is 60.3 cm³/mol. The topological polar surface area (TPSA) is 109 Å². The van der Waals surface area contributed by atoms with Gasteiger partial charge >= 0.3 is 127 Å². The van der Waals surface area contributed by atoms with Gasteiger partial charge in [0.05, 0.1) is 0 Å². The van der Waals surface area contributed by atoms with Crippen LogP contribution in [0.3, 0.4) is 0 Å².